The topological polar surface area (TPSA) is 4.93 Å². The van der Waals surface area contributed by atoms with Gasteiger partial charge >= 0.3 is 0 Å². The highest BCUT2D eigenvalue weighted by Gasteiger charge is 2.38. The third-order valence-corrected chi connectivity index (χ3v) is 9.97. The molecule has 42 heavy (non-hydrogen) atoms. The second kappa shape index (κ2) is 8.57. The second-order valence-corrected chi connectivity index (χ2v) is 12.5. The summed E-state index contributed by atoms with van der Waals surface area (Å²) in [5.74, 6) is 0.285. The van der Waals surface area contributed by atoms with Crippen LogP contribution < -0.4 is 0 Å². The maximum absolute atomic E-state index is 2.55. The molecule has 2 aliphatic carbocycles. The summed E-state index contributed by atoms with van der Waals surface area (Å²) in [4.78, 5) is 0. The van der Waals surface area contributed by atoms with Crippen LogP contribution in [0.15, 0.2) is 133 Å². The Hall–Kier alpha value is -4.88. The van der Waals surface area contributed by atoms with Gasteiger partial charge in [-0.25, -0.2) is 0 Å². The first-order valence-corrected chi connectivity index (χ1v) is 15.0. The molecule has 1 unspecified atom stereocenters. The molecule has 7 aromatic rings. The van der Waals surface area contributed by atoms with Gasteiger partial charge < -0.3 is 4.57 Å². The monoisotopic (exact) mass is 537 g/mol. The van der Waals surface area contributed by atoms with Crippen LogP contribution in [-0.4, -0.2) is 4.57 Å². The maximum atomic E-state index is 2.55. The Bertz CT molecular complexity index is 2160. The first kappa shape index (κ1) is 23.8. The molecule has 0 aliphatic heterocycles. The second-order valence-electron chi connectivity index (χ2n) is 12.5. The number of benzene rings is 6. The van der Waals surface area contributed by atoms with Crippen molar-refractivity contribution in [2.75, 3.05) is 0 Å². The first-order valence-electron chi connectivity index (χ1n) is 15.0. The fraction of sp³-hybridized carbons (Fsp3) is 0.122. The minimum atomic E-state index is -0.0205. The minimum Gasteiger partial charge on any atom is -0.309 e. The van der Waals surface area contributed by atoms with Crippen molar-refractivity contribution >= 4 is 21.8 Å². The number of rotatable bonds is 2. The molecule has 0 fully saturated rings. The van der Waals surface area contributed by atoms with Crippen LogP contribution in [0.3, 0.4) is 0 Å². The van der Waals surface area contributed by atoms with E-state index >= 15 is 0 Å². The Labute approximate surface area is 246 Å². The Morgan fingerprint density at radius 2 is 1.21 bits per heavy atom. The highest BCUT2D eigenvalue weighted by molar-refractivity contribution is 6.09. The molecular formula is C41H31N. The summed E-state index contributed by atoms with van der Waals surface area (Å²) in [7, 11) is 0. The lowest BCUT2D eigenvalue weighted by Gasteiger charge is -2.31. The van der Waals surface area contributed by atoms with Gasteiger partial charge in [-0.3, -0.25) is 0 Å². The van der Waals surface area contributed by atoms with E-state index in [-0.39, 0.29) is 11.3 Å². The zero-order chi connectivity index (χ0) is 28.0. The van der Waals surface area contributed by atoms with Gasteiger partial charge in [-0.05, 0) is 86.8 Å². The molecule has 9 rings (SSSR count). The third kappa shape index (κ3) is 3.20. The van der Waals surface area contributed by atoms with Gasteiger partial charge in [-0.2, -0.15) is 0 Å². The van der Waals surface area contributed by atoms with E-state index < -0.39 is 0 Å². The van der Waals surface area contributed by atoms with Crippen molar-refractivity contribution in [1.82, 2.24) is 4.57 Å². The van der Waals surface area contributed by atoms with Gasteiger partial charge in [0.05, 0.1) is 11.0 Å². The lowest BCUT2D eigenvalue weighted by atomic mass is 9.73. The van der Waals surface area contributed by atoms with Crippen molar-refractivity contribution in [3.63, 3.8) is 0 Å². The number of fused-ring (bicyclic) bond motifs is 9. The zero-order valence-electron chi connectivity index (χ0n) is 23.9. The van der Waals surface area contributed by atoms with E-state index in [1.807, 2.05) is 0 Å². The highest BCUT2D eigenvalue weighted by Crippen LogP contribution is 2.53. The third-order valence-electron chi connectivity index (χ3n) is 9.97. The molecule has 1 heterocycles. The molecule has 1 nitrogen and oxygen atoms in total. The summed E-state index contributed by atoms with van der Waals surface area (Å²) in [6, 6.07) is 49.9. The van der Waals surface area contributed by atoms with E-state index in [0.717, 1.165) is 6.42 Å². The molecule has 0 N–H and O–H groups in total. The molecule has 1 aromatic heterocycles. The number of hydrogen-bond donors (Lipinski definition) is 0. The molecule has 0 radical (unpaired) electrons. The Kier molecular flexibility index (Phi) is 4.85. The van der Waals surface area contributed by atoms with Gasteiger partial charge in [0.2, 0.25) is 0 Å². The smallest absolute Gasteiger partial charge is 0.0541 e. The van der Waals surface area contributed by atoms with Crippen LogP contribution in [-0.2, 0) is 11.8 Å². The molecule has 200 valence electrons. The van der Waals surface area contributed by atoms with Crippen molar-refractivity contribution in [1.29, 1.82) is 0 Å². The standard InChI is InChI=1S/C41H31N/c1-41(2)37-19-8-5-16-30(37)36-24-34-29-15-4-3-12-27(29)23-33(35(34)25-38(36)41)26-13-11-14-28(22-26)42-39-20-9-6-17-31(39)32-18-7-10-21-40(32)42/h3-22,24-25,33H,23H2,1-2H3. The summed E-state index contributed by atoms with van der Waals surface area (Å²) >= 11 is 0. The van der Waals surface area contributed by atoms with Crippen molar-refractivity contribution < 1.29 is 0 Å². The summed E-state index contributed by atoms with van der Waals surface area (Å²) in [6.45, 7) is 4.78. The van der Waals surface area contributed by atoms with Gasteiger partial charge in [0.15, 0.2) is 0 Å². The molecule has 0 spiro atoms. The van der Waals surface area contributed by atoms with Gasteiger partial charge in [-0.15, -0.1) is 0 Å². The van der Waals surface area contributed by atoms with Crippen LogP contribution in [0.25, 0.3) is 49.7 Å². The largest absolute Gasteiger partial charge is 0.309 e. The van der Waals surface area contributed by atoms with E-state index in [1.165, 1.54) is 77.6 Å². The van der Waals surface area contributed by atoms with E-state index in [4.69, 9.17) is 0 Å². The fourth-order valence-corrected chi connectivity index (χ4v) is 7.96. The molecule has 0 saturated carbocycles. The van der Waals surface area contributed by atoms with E-state index in [9.17, 15) is 0 Å². The molecule has 6 aromatic carbocycles. The van der Waals surface area contributed by atoms with Gasteiger partial charge in [-0.1, -0.05) is 117 Å². The molecule has 1 heteroatoms. The molecular weight excluding hydrogens is 506 g/mol. The molecule has 1 atom stereocenters. The maximum Gasteiger partial charge on any atom is 0.0541 e. The summed E-state index contributed by atoms with van der Waals surface area (Å²) in [6.07, 6.45) is 1.01. The Morgan fingerprint density at radius 1 is 0.548 bits per heavy atom. The Balaban J connectivity index is 1.27. The highest BCUT2D eigenvalue weighted by atomic mass is 15.0. The number of para-hydroxylation sites is 2. The average molecular weight is 538 g/mol. The lowest BCUT2D eigenvalue weighted by molar-refractivity contribution is 0.657. The lowest BCUT2D eigenvalue weighted by Crippen LogP contribution is -2.18. The van der Waals surface area contributed by atoms with E-state index in [2.05, 4.69) is 152 Å². The zero-order valence-corrected chi connectivity index (χ0v) is 23.9. The predicted octanol–water partition coefficient (Wildman–Crippen LogP) is 10.4. The number of nitrogens with zero attached hydrogens (tertiary/aromatic N) is 1. The van der Waals surface area contributed by atoms with Crippen molar-refractivity contribution in [3.05, 3.63) is 161 Å². The Morgan fingerprint density at radius 3 is 2.00 bits per heavy atom. The van der Waals surface area contributed by atoms with Crippen LogP contribution in [0.2, 0.25) is 0 Å². The van der Waals surface area contributed by atoms with Crippen molar-refractivity contribution in [2.45, 2.75) is 31.6 Å². The summed E-state index contributed by atoms with van der Waals surface area (Å²) in [5.41, 5.74) is 16.4. The van der Waals surface area contributed by atoms with Gasteiger partial charge in [0.25, 0.3) is 0 Å². The van der Waals surface area contributed by atoms with Gasteiger partial charge in [0, 0.05) is 27.8 Å². The molecule has 2 aliphatic rings. The predicted molar refractivity (Wildman–Crippen MR) is 176 cm³/mol. The summed E-state index contributed by atoms with van der Waals surface area (Å²) in [5, 5.41) is 2.60. The van der Waals surface area contributed by atoms with Crippen LogP contribution in [0, 0.1) is 0 Å². The number of aromatic nitrogens is 1. The quantitative estimate of drug-likeness (QED) is 0.207. The molecule has 0 saturated heterocycles. The van der Waals surface area contributed by atoms with Crippen LogP contribution in [0.1, 0.15) is 47.6 Å². The number of hydrogen-bond acceptors (Lipinski definition) is 0. The van der Waals surface area contributed by atoms with E-state index in [1.54, 1.807) is 0 Å². The van der Waals surface area contributed by atoms with Crippen LogP contribution in [0.4, 0.5) is 0 Å². The molecule has 0 amide bonds. The molecule has 0 bridgehead atoms. The minimum absolute atomic E-state index is 0.0205. The van der Waals surface area contributed by atoms with E-state index in [0.29, 0.717) is 0 Å². The van der Waals surface area contributed by atoms with Gasteiger partial charge in [0.1, 0.15) is 0 Å². The van der Waals surface area contributed by atoms with Crippen molar-refractivity contribution in [3.8, 4) is 27.9 Å². The SMILES string of the molecule is CC1(C)c2ccccc2-c2cc3c(cc21)C(c1cccc(-n2c4ccccc4c4ccccc42)c1)Cc1ccccc1-3. The summed E-state index contributed by atoms with van der Waals surface area (Å²) < 4.78 is 2.44. The van der Waals surface area contributed by atoms with Crippen LogP contribution in [0.5, 0.6) is 0 Å². The van der Waals surface area contributed by atoms with Crippen LogP contribution >= 0.6 is 0 Å². The fourth-order valence-electron chi connectivity index (χ4n) is 7.96. The average Bonchev–Trinajstić information content (AvgIpc) is 3.49. The van der Waals surface area contributed by atoms with Crippen molar-refractivity contribution in [2.24, 2.45) is 0 Å². The normalized spacial score (nSPS) is 16.2. The first-order chi connectivity index (χ1) is 20.6.